The van der Waals surface area contributed by atoms with E-state index in [0.717, 1.165) is 16.0 Å². The Hall–Kier alpha value is -0.0900. The van der Waals surface area contributed by atoms with Gasteiger partial charge in [-0.3, -0.25) is 0 Å². The van der Waals surface area contributed by atoms with Crippen LogP contribution in [-0.4, -0.2) is 30.6 Å². The minimum absolute atomic E-state index is 0.632. The highest BCUT2D eigenvalue weighted by atomic mass is 79.9. The molecule has 1 fully saturated rings. The Morgan fingerprint density at radius 2 is 2.11 bits per heavy atom. The highest BCUT2D eigenvalue weighted by Crippen LogP contribution is 2.21. The minimum Gasteiger partial charge on any atom is -0.310 e. The summed E-state index contributed by atoms with van der Waals surface area (Å²) in [6.07, 6.45) is 3.74. The molecule has 1 aliphatic heterocycles. The van der Waals surface area contributed by atoms with Crippen molar-refractivity contribution in [2.45, 2.75) is 38.8 Å². The number of rotatable bonds is 5. The van der Waals surface area contributed by atoms with Crippen LogP contribution < -0.4 is 5.32 Å². The number of likely N-dealkylation sites (tertiary alicyclic amines) is 1. The van der Waals surface area contributed by atoms with Gasteiger partial charge in [0.05, 0.1) is 0 Å². The maximum Gasteiger partial charge on any atom is 0.0462 e. The monoisotopic (exact) mass is 344 g/mol. The molecule has 0 spiro atoms. The van der Waals surface area contributed by atoms with Gasteiger partial charge in [0.15, 0.2) is 0 Å². The van der Waals surface area contributed by atoms with Crippen molar-refractivity contribution in [2.75, 3.05) is 19.6 Å². The van der Waals surface area contributed by atoms with E-state index in [2.05, 4.69) is 39.1 Å². The Balaban J connectivity index is 1.77. The topological polar surface area (TPSA) is 15.3 Å². The van der Waals surface area contributed by atoms with Crippen LogP contribution in [0.15, 0.2) is 22.7 Å². The first kappa shape index (κ1) is 15.3. The first-order valence-corrected chi connectivity index (χ1v) is 8.26. The normalized spacial score (nSPS) is 17.8. The highest BCUT2D eigenvalue weighted by molar-refractivity contribution is 9.10. The lowest BCUT2D eigenvalue weighted by atomic mass is 10.0. The smallest absolute Gasteiger partial charge is 0.0462 e. The standard InChI is InChI=1S/C15H22BrClN2/c1-2-7-19-8-5-14(6-9-19)18-11-12-3-4-13(16)10-15(12)17/h3-4,10,14,18H,2,5-9,11H2,1H3. The van der Waals surface area contributed by atoms with Crippen molar-refractivity contribution in [1.82, 2.24) is 10.2 Å². The Bertz CT molecular complexity index is 403. The number of nitrogens with one attached hydrogen (secondary N) is 1. The van der Waals surface area contributed by atoms with Crippen LogP contribution in [0.1, 0.15) is 31.7 Å². The lowest BCUT2D eigenvalue weighted by Gasteiger charge is -2.32. The van der Waals surface area contributed by atoms with Crippen LogP contribution in [0.25, 0.3) is 0 Å². The van der Waals surface area contributed by atoms with Gasteiger partial charge in [-0.15, -0.1) is 0 Å². The largest absolute Gasteiger partial charge is 0.310 e. The van der Waals surface area contributed by atoms with Crippen LogP contribution >= 0.6 is 27.5 Å². The van der Waals surface area contributed by atoms with Gasteiger partial charge in [0.2, 0.25) is 0 Å². The Kier molecular flexibility index (Phi) is 6.14. The number of nitrogens with zero attached hydrogens (tertiary/aromatic N) is 1. The van der Waals surface area contributed by atoms with E-state index in [1.807, 2.05) is 12.1 Å². The maximum atomic E-state index is 6.23. The van der Waals surface area contributed by atoms with Gasteiger partial charge in [-0.05, 0) is 56.6 Å². The molecule has 1 saturated heterocycles. The van der Waals surface area contributed by atoms with E-state index in [1.54, 1.807) is 0 Å². The molecule has 1 N–H and O–H groups in total. The molecule has 0 aliphatic carbocycles. The van der Waals surface area contributed by atoms with Gasteiger partial charge in [-0.2, -0.15) is 0 Å². The van der Waals surface area contributed by atoms with Crippen molar-refractivity contribution >= 4 is 27.5 Å². The summed E-state index contributed by atoms with van der Waals surface area (Å²) in [5.74, 6) is 0. The first-order valence-electron chi connectivity index (χ1n) is 7.08. The number of piperidine rings is 1. The lowest BCUT2D eigenvalue weighted by Crippen LogP contribution is -2.42. The van der Waals surface area contributed by atoms with Crippen molar-refractivity contribution in [1.29, 1.82) is 0 Å². The highest BCUT2D eigenvalue weighted by Gasteiger charge is 2.18. The minimum atomic E-state index is 0.632. The molecule has 2 rings (SSSR count). The molecule has 1 aliphatic rings. The second kappa shape index (κ2) is 7.63. The molecule has 0 amide bonds. The van der Waals surface area contributed by atoms with Gasteiger partial charge in [-0.1, -0.05) is 40.5 Å². The third-order valence-corrected chi connectivity index (χ3v) is 4.57. The summed E-state index contributed by atoms with van der Waals surface area (Å²) in [7, 11) is 0. The zero-order valence-corrected chi connectivity index (χ0v) is 13.8. The van der Waals surface area contributed by atoms with E-state index in [-0.39, 0.29) is 0 Å². The third-order valence-electron chi connectivity index (χ3n) is 3.72. The van der Waals surface area contributed by atoms with Gasteiger partial charge >= 0.3 is 0 Å². The molecule has 106 valence electrons. The molecular formula is C15H22BrClN2. The molecule has 0 bridgehead atoms. The number of hydrogen-bond donors (Lipinski definition) is 1. The molecule has 1 aromatic carbocycles. The molecule has 1 aromatic rings. The van der Waals surface area contributed by atoms with Crippen molar-refractivity contribution in [3.05, 3.63) is 33.3 Å². The fraction of sp³-hybridized carbons (Fsp3) is 0.600. The zero-order valence-electron chi connectivity index (χ0n) is 11.5. The summed E-state index contributed by atoms with van der Waals surface area (Å²) in [5.41, 5.74) is 1.18. The van der Waals surface area contributed by atoms with Crippen molar-refractivity contribution in [3.8, 4) is 0 Å². The molecular weight excluding hydrogens is 324 g/mol. The average Bonchev–Trinajstić information content (AvgIpc) is 2.40. The number of benzene rings is 1. The molecule has 2 nitrogen and oxygen atoms in total. The summed E-state index contributed by atoms with van der Waals surface area (Å²) in [6.45, 7) is 6.80. The Labute approximate surface area is 129 Å². The fourth-order valence-corrected chi connectivity index (χ4v) is 3.34. The summed E-state index contributed by atoms with van der Waals surface area (Å²) in [5, 5.41) is 4.47. The summed E-state index contributed by atoms with van der Waals surface area (Å²) in [6, 6.07) is 6.73. The molecule has 0 unspecified atom stereocenters. The first-order chi connectivity index (χ1) is 9.19. The van der Waals surface area contributed by atoms with E-state index in [1.165, 1.54) is 44.5 Å². The predicted molar refractivity (Wildman–Crippen MR) is 85.7 cm³/mol. The average molecular weight is 346 g/mol. The Morgan fingerprint density at radius 3 is 2.74 bits per heavy atom. The van der Waals surface area contributed by atoms with Crippen molar-refractivity contribution in [3.63, 3.8) is 0 Å². The summed E-state index contributed by atoms with van der Waals surface area (Å²) >= 11 is 9.67. The van der Waals surface area contributed by atoms with Gasteiger partial charge in [0.1, 0.15) is 0 Å². The Morgan fingerprint density at radius 1 is 1.37 bits per heavy atom. The number of hydrogen-bond acceptors (Lipinski definition) is 2. The van der Waals surface area contributed by atoms with Gasteiger partial charge in [0.25, 0.3) is 0 Å². The third kappa shape index (κ3) is 4.75. The van der Waals surface area contributed by atoms with E-state index in [9.17, 15) is 0 Å². The maximum absolute atomic E-state index is 6.23. The van der Waals surface area contributed by atoms with E-state index in [4.69, 9.17) is 11.6 Å². The van der Waals surface area contributed by atoms with Gasteiger partial charge in [-0.25, -0.2) is 0 Å². The van der Waals surface area contributed by atoms with Crippen molar-refractivity contribution < 1.29 is 0 Å². The molecule has 0 saturated carbocycles. The molecule has 1 heterocycles. The van der Waals surface area contributed by atoms with Crippen molar-refractivity contribution in [2.24, 2.45) is 0 Å². The predicted octanol–water partition coefficient (Wildman–Crippen LogP) is 4.07. The molecule has 0 radical (unpaired) electrons. The SMILES string of the molecule is CCCN1CCC(NCc2ccc(Br)cc2Cl)CC1. The molecule has 4 heteroatoms. The molecule has 0 aromatic heterocycles. The van der Waals surface area contributed by atoms with E-state index in [0.29, 0.717) is 6.04 Å². The summed E-state index contributed by atoms with van der Waals surface area (Å²) < 4.78 is 1.04. The van der Waals surface area contributed by atoms with Crippen LogP contribution in [0.3, 0.4) is 0 Å². The zero-order chi connectivity index (χ0) is 13.7. The second-order valence-electron chi connectivity index (χ2n) is 5.23. The van der Waals surface area contributed by atoms with E-state index >= 15 is 0 Å². The lowest BCUT2D eigenvalue weighted by molar-refractivity contribution is 0.197. The van der Waals surface area contributed by atoms with E-state index < -0.39 is 0 Å². The number of halogens is 2. The summed E-state index contributed by atoms with van der Waals surface area (Å²) in [4.78, 5) is 2.56. The van der Waals surface area contributed by atoms with Gasteiger partial charge < -0.3 is 10.2 Å². The van der Waals surface area contributed by atoms with Crippen LogP contribution in [0, 0.1) is 0 Å². The quantitative estimate of drug-likeness (QED) is 0.865. The van der Waals surface area contributed by atoms with Gasteiger partial charge in [0, 0.05) is 22.1 Å². The molecule has 19 heavy (non-hydrogen) atoms. The molecule has 0 atom stereocenters. The second-order valence-corrected chi connectivity index (χ2v) is 6.56. The fourth-order valence-electron chi connectivity index (χ4n) is 2.60. The van der Waals surface area contributed by atoms with Crippen LogP contribution in [-0.2, 0) is 6.54 Å². The van der Waals surface area contributed by atoms with Crippen LogP contribution in [0.2, 0.25) is 5.02 Å². The van der Waals surface area contributed by atoms with Crippen LogP contribution in [0.4, 0.5) is 0 Å². The van der Waals surface area contributed by atoms with Crippen LogP contribution in [0.5, 0.6) is 0 Å².